The van der Waals surface area contributed by atoms with Gasteiger partial charge in [0.15, 0.2) is 5.58 Å². The van der Waals surface area contributed by atoms with Gasteiger partial charge in [-0.2, -0.15) is 0 Å². The first-order valence-electron chi connectivity index (χ1n) is 5.13. The summed E-state index contributed by atoms with van der Waals surface area (Å²) in [6, 6.07) is 2.80. The molecule has 2 aromatic rings. The zero-order valence-electron chi connectivity index (χ0n) is 9.41. The second-order valence-corrected chi connectivity index (χ2v) is 3.97. The van der Waals surface area contributed by atoms with Gasteiger partial charge in [-0.05, 0) is 19.9 Å². The van der Waals surface area contributed by atoms with E-state index in [0.29, 0.717) is 22.3 Å². The number of ether oxygens (including phenoxy) is 1. The van der Waals surface area contributed by atoms with Gasteiger partial charge in [-0.15, -0.1) is 0 Å². The van der Waals surface area contributed by atoms with E-state index in [4.69, 9.17) is 20.8 Å². The van der Waals surface area contributed by atoms with Crippen molar-refractivity contribution in [3.05, 3.63) is 28.5 Å². The quantitative estimate of drug-likeness (QED) is 0.836. The van der Waals surface area contributed by atoms with E-state index in [1.54, 1.807) is 13.8 Å². The molecule has 17 heavy (non-hydrogen) atoms. The Kier molecular flexibility index (Phi) is 2.98. The van der Waals surface area contributed by atoms with E-state index >= 15 is 0 Å². The van der Waals surface area contributed by atoms with Gasteiger partial charge in [-0.1, -0.05) is 11.6 Å². The number of phenols is 1. The molecular formula is C12H11ClO4. The average molecular weight is 255 g/mol. The van der Waals surface area contributed by atoms with E-state index in [1.165, 1.54) is 12.1 Å². The Bertz CT molecular complexity index is 586. The van der Waals surface area contributed by atoms with Crippen LogP contribution in [0.5, 0.6) is 5.75 Å². The van der Waals surface area contributed by atoms with Crippen LogP contribution in [-0.4, -0.2) is 17.7 Å². The molecule has 0 amide bonds. The number of aromatic hydroxyl groups is 1. The van der Waals surface area contributed by atoms with Gasteiger partial charge in [0.05, 0.1) is 11.6 Å². The van der Waals surface area contributed by atoms with Gasteiger partial charge in [0.2, 0.25) is 0 Å². The van der Waals surface area contributed by atoms with Crippen molar-refractivity contribution in [2.45, 2.75) is 13.8 Å². The van der Waals surface area contributed by atoms with Crippen molar-refractivity contribution >= 4 is 28.5 Å². The molecule has 0 atom stereocenters. The highest BCUT2D eigenvalue weighted by Crippen LogP contribution is 2.34. The Hall–Kier alpha value is -1.68. The van der Waals surface area contributed by atoms with E-state index in [1.807, 2.05) is 0 Å². The molecule has 0 saturated heterocycles. The van der Waals surface area contributed by atoms with Crippen molar-refractivity contribution in [3.63, 3.8) is 0 Å². The zero-order chi connectivity index (χ0) is 12.6. The number of carbonyl (C=O) groups is 1. The van der Waals surface area contributed by atoms with Crippen LogP contribution in [-0.2, 0) is 4.74 Å². The maximum Gasteiger partial charge on any atom is 0.342 e. The summed E-state index contributed by atoms with van der Waals surface area (Å²) < 4.78 is 10.3. The van der Waals surface area contributed by atoms with Gasteiger partial charge in [0.1, 0.15) is 17.1 Å². The summed E-state index contributed by atoms with van der Waals surface area (Å²) in [7, 11) is 0. The number of carbonyl (C=O) groups excluding carboxylic acids is 1. The van der Waals surface area contributed by atoms with E-state index in [2.05, 4.69) is 0 Å². The van der Waals surface area contributed by atoms with Crippen molar-refractivity contribution in [2.75, 3.05) is 6.61 Å². The van der Waals surface area contributed by atoms with Crippen molar-refractivity contribution < 1.29 is 19.1 Å². The molecule has 90 valence electrons. The van der Waals surface area contributed by atoms with Gasteiger partial charge < -0.3 is 14.3 Å². The molecule has 0 spiro atoms. The lowest BCUT2D eigenvalue weighted by molar-refractivity contribution is 0.0526. The highest BCUT2D eigenvalue weighted by atomic mass is 35.5. The first-order chi connectivity index (χ1) is 8.04. The average Bonchev–Trinajstić information content (AvgIpc) is 2.55. The molecule has 1 heterocycles. The molecule has 0 unspecified atom stereocenters. The Balaban J connectivity index is 2.70. The number of fused-ring (bicyclic) bond motifs is 1. The lowest BCUT2D eigenvalue weighted by Crippen LogP contribution is -2.05. The molecule has 1 aromatic carbocycles. The van der Waals surface area contributed by atoms with E-state index in [9.17, 15) is 9.90 Å². The largest absolute Gasteiger partial charge is 0.508 e. The maximum atomic E-state index is 11.8. The Morgan fingerprint density at radius 1 is 1.53 bits per heavy atom. The smallest absolute Gasteiger partial charge is 0.342 e. The fourth-order valence-corrected chi connectivity index (χ4v) is 1.97. The molecule has 0 fully saturated rings. The van der Waals surface area contributed by atoms with Gasteiger partial charge >= 0.3 is 5.97 Å². The van der Waals surface area contributed by atoms with E-state index in [0.717, 1.165) is 0 Å². The van der Waals surface area contributed by atoms with E-state index in [-0.39, 0.29) is 17.4 Å². The Morgan fingerprint density at radius 3 is 2.88 bits per heavy atom. The highest BCUT2D eigenvalue weighted by Gasteiger charge is 2.21. The number of hydrogen-bond acceptors (Lipinski definition) is 4. The summed E-state index contributed by atoms with van der Waals surface area (Å²) >= 11 is 5.92. The van der Waals surface area contributed by atoms with Gasteiger partial charge in [0, 0.05) is 11.5 Å². The molecule has 5 heteroatoms. The third kappa shape index (κ3) is 1.96. The molecule has 1 N–H and O–H groups in total. The van der Waals surface area contributed by atoms with Crippen LogP contribution in [0.4, 0.5) is 0 Å². The molecule has 1 aromatic heterocycles. The first-order valence-corrected chi connectivity index (χ1v) is 5.51. The fraction of sp³-hybridized carbons (Fsp3) is 0.250. The second-order valence-electron chi connectivity index (χ2n) is 3.56. The third-order valence-corrected chi connectivity index (χ3v) is 2.67. The molecule has 4 nitrogen and oxygen atoms in total. The minimum Gasteiger partial charge on any atom is -0.508 e. The topological polar surface area (TPSA) is 59.7 Å². The zero-order valence-corrected chi connectivity index (χ0v) is 10.2. The number of hydrogen-bond donors (Lipinski definition) is 1. The number of furan rings is 1. The highest BCUT2D eigenvalue weighted by molar-refractivity contribution is 6.35. The van der Waals surface area contributed by atoms with Crippen LogP contribution in [0.2, 0.25) is 5.02 Å². The van der Waals surface area contributed by atoms with Crippen LogP contribution >= 0.6 is 11.6 Å². The Morgan fingerprint density at radius 2 is 2.24 bits per heavy atom. The van der Waals surface area contributed by atoms with Crippen LogP contribution in [0.3, 0.4) is 0 Å². The van der Waals surface area contributed by atoms with Gasteiger partial charge in [0.25, 0.3) is 0 Å². The number of halogens is 1. The lowest BCUT2D eigenvalue weighted by Gasteiger charge is -2.00. The van der Waals surface area contributed by atoms with Crippen molar-refractivity contribution in [2.24, 2.45) is 0 Å². The molecule has 0 radical (unpaired) electrons. The summed E-state index contributed by atoms with van der Waals surface area (Å²) in [6.07, 6.45) is 0. The maximum absolute atomic E-state index is 11.8. The van der Waals surface area contributed by atoms with Crippen LogP contribution < -0.4 is 0 Å². The molecule has 0 aliphatic rings. The number of esters is 1. The van der Waals surface area contributed by atoms with Crippen LogP contribution in [0.15, 0.2) is 16.5 Å². The predicted octanol–water partition coefficient (Wildman–Crippen LogP) is 3.28. The van der Waals surface area contributed by atoms with E-state index < -0.39 is 5.97 Å². The number of aryl methyl sites for hydroxylation is 1. The molecule has 0 saturated carbocycles. The molecule has 0 aliphatic heterocycles. The number of phenolic OH excluding ortho intramolecular Hbond substituents is 1. The molecule has 2 rings (SSSR count). The predicted molar refractivity (Wildman–Crippen MR) is 63.6 cm³/mol. The first kappa shape index (κ1) is 11.8. The number of benzene rings is 1. The second kappa shape index (κ2) is 4.30. The minimum absolute atomic E-state index is 0.0196. The summed E-state index contributed by atoms with van der Waals surface area (Å²) in [5, 5.41) is 10.2. The summed E-state index contributed by atoms with van der Waals surface area (Å²) in [5.74, 6) is -0.0785. The SMILES string of the molecule is CCOC(=O)c1c(C)oc2c(Cl)cc(O)cc12. The summed E-state index contributed by atoms with van der Waals surface area (Å²) in [5.41, 5.74) is 0.685. The van der Waals surface area contributed by atoms with Crippen LogP contribution in [0.25, 0.3) is 11.0 Å². The Labute approximate surface area is 103 Å². The summed E-state index contributed by atoms with van der Waals surface area (Å²) in [6.45, 7) is 3.65. The minimum atomic E-state index is -0.481. The normalized spacial score (nSPS) is 10.8. The molecular weight excluding hydrogens is 244 g/mol. The van der Waals surface area contributed by atoms with Gasteiger partial charge in [-0.3, -0.25) is 0 Å². The van der Waals surface area contributed by atoms with Crippen molar-refractivity contribution in [3.8, 4) is 5.75 Å². The standard InChI is InChI=1S/C12H11ClO4/c1-3-16-12(15)10-6(2)17-11-8(10)4-7(14)5-9(11)13/h4-5,14H,3H2,1-2H3. The monoisotopic (exact) mass is 254 g/mol. The van der Waals surface area contributed by atoms with Crippen LogP contribution in [0, 0.1) is 6.92 Å². The fourth-order valence-electron chi connectivity index (χ4n) is 1.72. The van der Waals surface area contributed by atoms with Gasteiger partial charge in [-0.25, -0.2) is 4.79 Å². The van der Waals surface area contributed by atoms with Crippen molar-refractivity contribution in [1.82, 2.24) is 0 Å². The molecule has 0 bridgehead atoms. The number of rotatable bonds is 2. The van der Waals surface area contributed by atoms with Crippen LogP contribution in [0.1, 0.15) is 23.0 Å². The summed E-state index contributed by atoms with van der Waals surface area (Å²) in [4.78, 5) is 11.8. The molecule has 0 aliphatic carbocycles. The van der Waals surface area contributed by atoms with Crippen molar-refractivity contribution in [1.29, 1.82) is 0 Å². The lowest BCUT2D eigenvalue weighted by atomic mass is 10.1. The third-order valence-electron chi connectivity index (χ3n) is 2.38.